The maximum Gasteiger partial charge on any atom is 0.188 e. The van der Waals surface area contributed by atoms with Gasteiger partial charge in [0.2, 0.25) is 0 Å². The number of ketones is 1. The van der Waals surface area contributed by atoms with Crippen LogP contribution in [-0.2, 0) is 4.79 Å². The van der Waals surface area contributed by atoms with Crippen LogP contribution in [0.25, 0.3) is 21.7 Å². The van der Waals surface area contributed by atoms with Crippen LogP contribution in [0.3, 0.4) is 0 Å². The predicted molar refractivity (Wildman–Crippen MR) is 122 cm³/mol. The van der Waals surface area contributed by atoms with E-state index in [0.717, 1.165) is 25.9 Å². The third-order valence-electron chi connectivity index (χ3n) is 4.27. The summed E-state index contributed by atoms with van der Waals surface area (Å²) in [4.78, 5) is 22.2. The second kappa shape index (κ2) is 9.12. The molecule has 3 rings (SSSR count). The number of nitrogens with zero attached hydrogens (tertiary/aromatic N) is 3. The van der Waals surface area contributed by atoms with E-state index in [1.807, 2.05) is 63.4 Å². The summed E-state index contributed by atoms with van der Waals surface area (Å²) in [6.07, 6.45) is 3.69. The number of benzene rings is 1. The Balaban J connectivity index is 2.02. The van der Waals surface area contributed by atoms with Crippen molar-refractivity contribution in [2.45, 2.75) is 30.1 Å². The molecule has 0 saturated carbocycles. The Bertz CT molecular complexity index is 1060. The average Bonchev–Trinajstić information content (AvgIpc) is 3.11. The molecule has 0 atom stereocenters. The Hall–Kier alpha value is -2.14. The van der Waals surface area contributed by atoms with Crippen LogP contribution in [0.5, 0.6) is 0 Å². The van der Waals surface area contributed by atoms with Crippen molar-refractivity contribution in [1.82, 2.24) is 9.97 Å². The lowest BCUT2D eigenvalue weighted by Gasteiger charge is -2.15. The molecule has 0 spiro atoms. The topological polar surface area (TPSA) is 66.6 Å². The van der Waals surface area contributed by atoms with Crippen molar-refractivity contribution in [2.75, 3.05) is 12.0 Å². The van der Waals surface area contributed by atoms with Crippen molar-refractivity contribution in [2.24, 2.45) is 5.41 Å². The Labute approximate surface area is 183 Å². The van der Waals surface area contributed by atoms with Crippen LogP contribution >= 0.6 is 34.9 Å². The maximum absolute atomic E-state index is 12.2. The van der Waals surface area contributed by atoms with Gasteiger partial charge in [-0.2, -0.15) is 5.26 Å². The number of carbonyl (C=O) groups is 1. The summed E-state index contributed by atoms with van der Waals surface area (Å²) < 4.78 is 0.970. The Morgan fingerprint density at radius 3 is 2.55 bits per heavy atom. The molecular formula is C22H21N3OS3. The van der Waals surface area contributed by atoms with E-state index < -0.39 is 0 Å². The second-order valence-electron chi connectivity index (χ2n) is 7.34. The minimum absolute atomic E-state index is 0.161. The molecule has 7 heteroatoms. The lowest BCUT2D eigenvalue weighted by atomic mass is 9.92. The first-order valence-electron chi connectivity index (χ1n) is 9.01. The van der Waals surface area contributed by atoms with E-state index in [0.29, 0.717) is 16.5 Å². The van der Waals surface area contributed by atoms with E-state index in [9.17, 15) is 10.1 Å². The van der Waals surface area contributed by atoms with Crippen LogP contribution in [0.4, 0.5) is 0 Å². The molecule has 0 saturated heterocycles. The van der Waals surface area contributed by atoms with Gasteiger partial charge in [-0.25, -0.2) is 9.97 Å². The molecule has 0 fully saturated rings. The molecule has 0 unspecified atom stereocenters. The third-order valence-corrected chi connectivity index (χ3v) is 7.46. The minimum Gasteiger partial charge on any atom is -0.298 e. The Kier molecular flexibility index (Phi) is 6.78. The number of hydrogen-bond donors (Lipinski definition) is 0. The monoisotopic (exact) mass is 439 g/mol. The Morgan fingerprint density at radius 1 is 1.21 bits per heavy atom. The molecule has 0 amide bonds. The number of nitriles is 1. The highest BCUT2D eigenvalue weighted by Gasteiger charge is 2.23. The first kappa shape index (κ1) is 21.6. The molecule has 0 aliphatic rings. The quantitative estimate of drug-likeness (QED) is 0.338. The summed E-state index contributed by atoms with van der Waals surface area (Å²) in [5.74, 6) is 0.497. The molecule has 0 aliphatic heterocycles. The number of carbonyl (C=O) groups excluding carboxylic acids is 1. The zero-order valence-electron chi connectivity index (χ0n) is 16.7. The van der Waals surface area contributed by atoms with Crippen molar-refractivity contribution in [3.8, 4) is 27.8 Å². The van der Waals surface area contributed by atoms with Gasteiger partial charge >= 0.3 is 0 Å². The van der Waals surface area contributed by atoms with E-state index in [-0.39, 0.29) is 11.2 Å². The van der Waals surface area contributed by atoms with Crippen LogP contribution in [-0.4, -0.2) is 27.8 Å². The number of thiophene rings is 1. The van der Waals surface area contributed by atoms with Gasteiger partial charge in [-0.1, -0.05) is 62.9 Å². The first-order valence-corrected chi connectivity index (χ1v) is 12.0. The van der Waals surface area contributed by atoms with Crippen LogP contribution in [0, 0.1) is 16.7 Å². The molecule has 3 aromatic rings. The summed E-state index contributed by atoms with van der Waals surface area (Å²) in [5, 5.41) is 10.4. The molecule has 2 aromatic heterocycles. The molecular weight excluding hydrogens is 418 g/mol. The van der Waals surface area contributed by atoms with E-state index >= 15 is 0 Å². The summed E-state index contributed by atoms with van der Waals surface area (Å²) in [6.45, 7) is 5.75. The predicted octanol–water partition coefficient (Wildman–Crippen LogP) is 6.17. The second-order valence-corrected chi connectivity index (χ2v) is 10.4. The van der Waals surface area contributed by atoms with Gasteiger partial charge in [0.15, 0.2) is 5.16 Å². The molecule has 2 heterocycles. The number of rotatable bonds is 6. The van der Waals surface area contributed by atoms with Gasteiger partial charge in [-0.05, 0) is 17.9 Å². The molecule has 1 aromatic carbocycles. The van der Waals surface area contributed by atoms with Gasteiger partial charge < -0.3 is 0 Å². The van der Waals surface area contributed by atoms with Gasteiger partial charge in [0.25, 0.3) is 0 Å². The SMILES string of the molecule is CSc1sc(-c2ccnc(SCC(=O)C(C)(C)C)n2)c(-c2ccccc2)c1C#N. The number of Topliss-reactive ketones (excluding diaryl/α,β-unsaturated/α-hetero) is 1. The van der Waals surface area contributed by atoms with Crippen LogP contribution < -0.4 is 0 Å². The third kappa shape index (κ3) is 4.89. The lowest BCUT2D eigenvalue weighted by Crippen LogP contribution is -2.22. The fourth-order valence-corrected chi connectivity index (χ4v) is 5.50. The summed E-state index contributed by atoms with van der Waals surface area (Å²) in [6, 6.07) is 14.1. The van der Waals surface area contributed by atoms with E-state index in [2.05, 4.69) is 11.1 Å². The fraction of sp³-hybridized carbons (Fsp3) is 0.273. The van der Waals surface area contributed by atoms with Crippen molar-refractivity contribution >= 4 is 40.6 Å². The van der Waals surface area contributed by atoms with Gasteiger partial charge in [0.1, 0.15) is 11.9 Å². The largest absolute Gasteiger partial charge is 0.298 e. The number of aromatic nitrogens is 2. The summed E-state index contributed by atoms with van der Waals surface area (Å²) >= 11 is 4.49. The van der Waals surface area contributed by atoms with Crippen LogP contribution in [0.1, 0.15) is 26.3 Å². The summed E-state index contributed by atoms with van der Waals surface area (Å²) in [7, 11) is 0. The van der Waals surface area contributed by atoms with Gasteiger partial charge in [-0.15, -0.1) is 23.1 Å². The molecule has 0 radical (unpaired) electrons. The number of hydrogen-bond acceptors (Lipinski definition) is 7. The van der Waals surface area contributed by atoms with Gasteiger partial charge in [0.05, 0.1) is 26.1 Å². The first-order chi connectivity index (χ1) is 13.8. The van der Waals surface area contributed by atoms with Crippen molar-refractivity contribution in [1.29, 1.82) is 5.26 Å². The average molecular weight is 440 g/mol. The molecule has 0 aliphatic carbocycles. The lowest BCUT2D eigenvalue weighted by molar-refractivity contribution is -0.123. The van der Waals surface area contributed by atoms with Crippen molar-refractivity contribution in [3.05, 3.63) is 48.2 Å². The molecule has 0 bridgehead atoms. The molecule has 0 N–H and O–H groups in total. The Morgan fingerprint density at radius 2 is 1.93 bits per heavy atom. The highest BCUT2D eigenvalue weighted by atomic mass is 32.2. The smallest absolute Gasteiger partial charge is 0.188 e. The standard InChI is InChI=1S/C22H21N3OS3/c1-22(2,3)17(26)13-28-21-24-11-10-16(25-21)19-18(14-8-6-5-7-9-14)15(12-23)20(27-4)29-19/h5-11H,13H2,1-4H3. The van der Waals surface area contributed by atoms with E-state index in [1.165, 1.54) is 11.8 Å². The molecule has 29 heavy (non-hydrogen) atoms. The van der Waals surface area contributed by atoms with Gasteiger partial charge in [0, 0.05) is 17.2 Å². The maximum atomic E-state index is 12.2. The summed E-state index contributed by atoms with van der Waals surface area (Å²) in [5.41, 5.74) is 2.97. The van der Waals surface area contributed by atoms with Crippen molar-refractivity contribution in [3.63, 3.8) is 0 Å². The zero-order valence-corrected chi connectivity index (χ0v) is 19.2. The van der Waals surface area contributed by atoms with Crippen LogP contribution in [0.2, 0.25) is 0 Å². The highest BCUT2D eigenvalue weighted by molar-refractivity contribution is 8.00. The molecule has 148 valence electrons. The fourth-order valence-electron chi connectivity index (χ4n) is 2.60. The zero-order chi connectivity index (χ0) is 21.0. The van der Waals surface area contributed by atoms with Gasteiger partial charge in [-0.3, -0.25) is 4.79 Å². The van der Waals surface area contributed by atoms with Crippen molar-refractivity contribution < 1.29 is 4.79 Å². The molecule has 4 nitrogen and oxygen atoms in total. The van der Waals surface area contributed by atoms with Crippen LogP contribution in [0.15, 0.2) is 52.0 Å². The highest BCUT2D eigenvalue weighted by Crippen LogP contribution is 2.45. The van der Waals surface area contributed by atoms with E-state index in [4.69, 9.17) is 4.98 Å². The van der Waals surface area contributed by atoms with E-state index in [1.54, 1.807) is 29.3 Å². The normalized spacial score (nSPS) is 11.3. The number of thioether (sulfide) groups is 2. The minimum atomic E-state index is -0.381.